The lowest BCUT2D eigenvalue weighted by atomic mass is 10.1. The standard InChI is InChI=1S/C16H36O2Si/c1-7-11-14-17-19(10-4,18-15-12-8-2)16(5,6)13-9-3/h7-15H2,1-6H3. The Labute approximate surface area is 122 Å². The molecule has 0 aliphatic rings. The van der Waals surface area contributed by atoms with Gasteiger partial charge in [-0.15, -0.1) is 0 Å². The second kappa shape index (κ2) is 9.95. The number of hydrogen-bond donors (Lipinski definition) is 0. The van der Waals surface area contributed by atoms with Crippen molar-refractivity contribution in [3.63, 3.8) is 0 Å². The SMILES string of the molecule is CCCCO[Si](CC)(OCCCC)C(C)(C)CCC. The summed E-state index contributed by atoms with van der Waals surface area (Å²) in [6.45, 7) is 15.4. The molecule has 3 heteroatoms. The summed E-state index contributed by atoms with van der Waals surface area (Å²) in [6.07, 6.45) is 7.08. The molecule has 0 rings (SSSR count). The molecule has 0 bridgehead atoms. The Balaban J connectivity index is 4.81. The Morgan fingerprint density at radius 1 is 0.789 bits per heavy atom. The molecule has 2 nitrogen and oxygen atoms in total. The Hall–Kier alpha value is 0.137. The maximum Gasteiger partial charge on any atom is 0.343 e. The Kier molecular flexibility index (Phi) is 10.0. The lowest BCUT2D eigenvalue weighted by molar-refractivity contribution is 0.138. The first-order valence-electron chi connectivity index (χ1n) is 8.27. The van der Waals surface area contributed by atoms with Gasteiger partial charge in [-0.3, -0.25) is 0 Å². The lowest BCUT2D eigenvalue weighted by Crippen LogP contribution is -2.51. The second-order valence-electron chi connectivity index (χ2n) is 6.14. The monoisotopic (exact) mass is 288 g/mol. The molecule has 0 spiro atoms. The van der Waals surface area contributed by atoms with Gasteiger partial charge in [0.2, 0.25) is 0 Å². The highest BCUT2D eigenvalue weighted by Crippen LogP contribution is 2.45. The van der Waals surface area contributed by atoms with Crippen molar-refractivity contribution in [3.8, 4) is 0 Å². The van der Waals surface area contributed by atoms with Crippen molar-refractivity contribution < 1.29 is 8.85 Å². The molecule has 0 atom stereocenters. The first kappa shape index (κ1) is 19.1. The molecule has 0 aliphatic carbocycles. The van der Waals surface area contributed by atoms with Crippen LogP contribution in [0.25, 0.3) is 0 Å². The molecule has 0 aliphatic heterocycles. The molecule has 0 saturated carbocycles. The molecule has 19 heavy (non-hydrogen) atoms. The summed E-state index contributed by atoms with van der Waals surface area (Å²) in [5, 5.41) is 0.206. The molecule has 0 amide bonds. The zero-order chi connectivity index (χ0) is 14.8. The highest BCUT2D eigenvalue weighted by Gasteiger charge is 2.49. The van der Waals surface area contributed by atoms with Gasteiger partial charge in [0.05, 0.1) is 0 Å². The largest absolute Gasteiger partial charge is 0.394 e. The zero-order valence-corrected chi connectivity index (χ0v) is 15.2. The van der Waals surface area contributed by atoms with Gasteiger partial charge in [-0.25, -0.2) is 0 Å². The minimum absolute atomic E-state index is 0.206. The van der Waals surface area contributed by atoms with Gasteiger partial charge in [-0.2, -0.15) is 0 Å². The average Bonchev–Trinajstić information content (AvgIpc) is 2.37. The van der Waals surface area contributed by atoms with E-state index in [4.69, 9.17) is 8.85 Å². The molecular formula is C16H36O2Si. The van der Waals surface area contributed by atoms with Gasteiger partial charge in [-0.05, 0) is 25.3 Å². The predicted octanol–water partition coefficient (Wildman–Crippen LogP) is 5.66. The van der Waals surface area contributed by atoms with E-state index in [0.29, 0.717) is 0 Å². The van der Waals surface area contributed by atoms with Crippen LogP contribution in [0.15, 0.2) is 0 Å². The van der Waals surface area contributed by atoms with Crippen molar-refractivity contribution >= 4 is 8.56 Å². The maximum absolute atomic E-state index is 6.40. The van der Waals surface area contributed by atoms with Crippen LogP contribution < -0.4 is 0 Å². The Morgan fingerprint density at radius 2 is 1.26 bits per heavy atom. The molecule has 0 N–H and O–H groups in total. The minimum Gasteiger partial charge on any atom is -0.394 e. The molecule has 0 fully saturated rings. The molecule has 0 aromatic rings. The van der Waals surface area contributed by atoms with E-state index >= 15 is 0 Å². The highest BCUT2D eigenvalue weighted by atomic mass is 28.4. The summed E-state index contributed by atoms with van der Waals surface area (Å²) in [5.74, 6) is 0. The van der Waals surface area contributed by atoms with E-state index in [1.54, 1.807) is 0 Å². The zero-order valence-electron chi connectivity index (χ0n) is 14.2. The number of rotatable bonds is 12. The van der Waals surface area contributed by atoms with Gasteiger partial charge in [0, 0.05) is 18.3 Å². The van der Waals surface area contributed by atoms with E-state index < -0.39 is 8.56 Å². The molecule has 0 heterocycles. The molecular weight excluding hydrogens is 252 g/mol. The Bertz CT molecular complexity index is 207. The fourth-order valence-corrected chi connectivity index (χ4v) is 6.50. The summed E-state index contributed by atoms with van der Waals surface area (Å²) in [5.41, 5.74) is 0. The van der Waals surface area contributed by atoms with E-state index in [1.165, 1.54) is 25.7 Å². The van der Waals surface area contributed by atoms with E-state index in [2.05, 4.69) is 41.5 Å². The van der Waals surface area contributed by atoms with E-state index in [-0.39, 0.29) is 5.04 Å². The van der Waals surface area contributed by atoms with E-state index in [9.17, 15) is 0 Å². The molecule has 116 valence electrons. The van der Waals surface area contributed by atoms with Crippen LogP contribution in [-0.2, 0) is 8.85 Å². The van der Waals surface area contributed by atoms with Crippen molar-refractivity contribution in [2.45, 2.75) is 91.1 Å². The van der Waals surface area contributed by atoms with Gasteiger partial charge in [0.15, 0.2) is 0 Å². The van der Waals surface area contributed by atoms with Crippen molar-refractivity contribution in [1.29, 1.82) is 0 Å². The quantitative estimate of drug-likeness (QED) is 0.340. The summed E-state index contributed by atoms with van der Waals surface area (Å²) in [6, 6.07) is 1.06. The molecule has 0 aromatic heterocycles. The summed E-state index contributed by atoms with van der Waals surface area (Å²) >= 11 is 0. The fourth-order valence-electron chi connectivity index (χ4n) is 2.69. The van der Waals surface area contributed by atoms with Gasteiger partial charge in [-0.1, -0.05) is 60.8 Å². The van der Waals surface area contributed by atoms with Crippen molar-refractivity contribution in [2.24, 2.45) is 0 Å². The van der Waals surface area contributed by atoms with Crippen molar-refractivity contribution in [1.82, 2.24) is 0 Å². The van der Waals surface area contributed by atoms with Crippen LogP contribution in [0.4, 0.5) is 0 Å². The average molecular weight is 289 g/mol. The van der Waals surface area contributed by atoms with Crippen LogP contribution in [0.3, 0.4) is 0 Å². The van der Waals surface area contributed by atoms with Gasteiger partial charge < -0.3 is 8.85 Å². The normalized spacial score (nSPS) is 12.9. The topological polar surface area (TPSA) is 18.5 Å². The van der Waals surface area contributed by atoms with Crippen LogP contribution in [0.2, 0.25) is 11.1 Å². The van der Waals surface area contributed by atoms with Gasteiger partial charge in [0.25, 0.3) is 0 Å². The fraction of sp³-hybridized carbons (Fsp3) is 1.00. The first-order valence-corrected chi connectivity index (χ1v) is 10.3. The summed E-state index contributed by atoms with van der Waals surface area (Å²) < 4.78 is 12.8. The number of unbranched alkanes of at least 4 members (excludes halogenated alkanes) is 2. The van der Waals surface area contributed by atoms with Crippen LogP contribution in [-0.4, -0.2) is 21.8 Å². The molecule has 0 unspecified atom stereocenters. The maximum atomic E-state index is 6.40. The molecule has 0 radical (unpaired) electrons. The van der Waals surface area contributed by atoms with Gasteiger partial charge in [0.1, 0.15) is 0 Å². The van der Waals surface area contributed by atoms with E-state index in [0.717, 1.165) is 32.1 Å². The third kappa shape index (κ3) is 5.97. The second-order valence-corrected chi connectivity index (χ2v) is 10.3. The summed E-state index contributed by atoms with van der Waals surface area (Å²) in [4.78, 5) is 0. The van der Waals surface area contributed by atoms with Crippen LogP contribution >= 0.6 is 0 Å². The smallest absolute Gasteiger partial charge is 0.343 e. The highest BCUT2D eigenvalue weighted by molar-refractivity contribution is 6.70. The third-order valence-electron chi connectivity index (χ3n) is 4.04. The van der Waals surface area contributed by atoms with Crippen LogP contribution in [0.1, 0.15) is 80.1 Å². The number of hydrogen-bond acceptors (Lipinski definition) is 2. The molecule has 0 saturated heterocycles. The van der Waals surface area contributed by atoms with Crippen molar-refractivity contribution in [2.75, 3.05) is 13.2 Å². The van der Waals surface area contributed by atoms with Crippen molar-refractivity contribution in [3.05, 3.63) is 0 Å². The molecule has 0 aromatic carbocycles. The van der Waals surface area contributed by atoms with Crippen LogP contribution in [0, 0.1) is 0 Å². The Morgan fingerprint density at radius 3 is 1.58 bits per heavy atom. The predicted molar refractivity (Wildman–Crippen MR) is 86.9 cm³/mol. The third-order valence-corrected chi connectivity index (χ3v) is 8.62. The minimum atomic E-state index is -2.09. The van der Waals surface area contributed by atoms with E-state index in [1.807, 2.05) is 0 Å². The first-order chi connectivity index (χ1) is 8.99. The van der Waals surface area contributed by atoms with Gasteiger partial charge >= 0.3 is 8.56 Å². The summed E-state index contributed by atoms with van der Waals surface area (Å²) in [7, 11) is -2.09. The lowest BCUT2D eigenvalue weighted by Gasteiger charge is -2.43. The van der Waals surface area contributed by atoms with Crippen LogP contribution in [0.5, 0.6) is 0 Å².